The number of nitrogens with one attached hydrogen (secondary N) is 2. The van der Waals surface area contributed by atoms with Crippen molar-refractivity contribution in [3.8, 4) is 0 Å². The summed E-state index contributed by atoms with van der Waals surface area (Å²) in [5.41, 5.74) is 3.78. The van der Waals surface area contributed by atoms with E-state index in [0.717, 1.165) is 16.0 Å². The lowest BCUT2D eigenvalue weighted by atomic mass is 9.87. The molecule has 150 valence electrons. The van der Waals surface area contributed by atoms with Gasteiger partial charge in [0.1, 0.15) is 12.2 Å². The second-order valence-electron chi connectivity index (χ2n) is 8.17. The van der Waals surface area contributed by atoms with Gasteiger partial charge < -0.3 is 10.6 Å². The maximum Gasteiger partial charge on any atom is 0.329 e. The van der Waals surface area contributed by atoms with Gasteiger partial charge in [0.2, 0.25) is 5.91 Å². The van der Waals surface area contributed by atoms with E-state index >= 15 is 0 Å². The zero-order valence-electron chi connectivity index (χ0n) is 17.1. The minimum Gasteiger partial charge on any atom is -0.325 e. The van der Waals surface area contributed by atoms with Crippen LogP contribution in [0.25, 0.3) is 6.08 Å². The third kappa shape index (κ3) is 4.90. The average molecular weight is 391 g/mol. The molecule has 6 nitrogen and oxygen atoms in total. The van der Waals surface area contributed by atoms with Crippen LogP contribution in [0.15, 0.2) is 54.2 Å². The number of imide groups is 1. The van der Waals surface area contributed by atoms with Crippen LogP contribution in [-0.4, -0.2) is 29.3 Å². The van der Waals surface area contributed by atoms with E-state index in [4.69, 9.17) is 0 Å². The van der Waals surface area contributed by atoms with Crippen LogP contribution in [0, 0.1) is 6.92 Å². The highest BCUT2D eigenvalue weighted by Gasteiger charge is 2.34. The highest BCUT2D eigenvalue weighted by atomic mass is 16.2. The summed E-state index contributed by atoms with van der Waals surface area (Å²) in [6.07, 6.45) is 1.62. The van der Waals surface area contributed by atoms with Gasteiger partial charge in [-0.25, -0.2) is 9.69 Å². The Morgan fingerprint density at radius 1 is 1.10 bits per heavy atom. The quantitative estimate of drug-likeness (QED) is 0.614. The van der Waals surface area contributed by atoms with Crippen LogP contribution >= 0.6 is 0 Å². The summed E-state index contributed by atoms with van der Waals surface area (Å²) < 4.78 is 0. The van der Waals surface area contributed by atoms with Crippen LogP contribution in [0.2, 0.25) is 0 Å². The summed E-state index contributed by atoms with van der Waals surface area (Å²) in [5, 5.41) is 5.25. The van der Waals surface area contributed by atoms with Crippen molar-refractivity contribution in [1.29, 1.82) is 0 Å². The van der Waals surface area contributed by atoms with Gasteiger partial charge >= 0.3 is 6.03 Å². The Labute approximate surface area is 170 Å². The second-order valence-corrected chi connectivity index (χ2v) is 8.17. The molecule has 0 atom stereocenters. The van der Waals surface area contributed by atoms with Crippen molar-refractivity contribution in [2.24, 2.45) is 0 Å². The lowest BCUT2D eigenvalue weighted by Gasteiger charge is -2.18. The molecule has 1 aliphatic rings. The topological polar surface area (TPSA) is 78.5 Å². The summed E-state index contributed by atoms with van der Waals surface area (Å²) in [7, 11) is 0. The molecule has 1 fully saturated rings. The van der Waals surface area contributed by atoms with Crippen LogP contribution < -0.4 is 10.6 Å². The minimum absolute atomic E-state index is 0.0323. The average Bonchev–Trinajstić information content (AvgIpc) is 2.89. The molecule has 0 unspecified atom stereocenters. The summed E-state index contributed by atoms with van der Waals surface area (Å²) in [5.74, 6) is -0.954. The molecule has 1 saturated heterocycles. The highest BCUT2D eigenvalue weighted by molar-refractivity contribution is 6.15. The lowest BCUT2D eigenvalue weighted by molar-refractivity contribution is -0.127. The van der Waals surface area contributed by atoms with E-state index in [-0.39, 0.29) is 17.7 Å². The Kier molecular flexibility index (Phi) is 5.55. The molecule has 4 amide bonds. The van der Waals surface area contributed by atoms with Gasteiger partial charge in [-0.3, -0.25) is 9.59 Å². The summed E-state index contributed by atoms with van der Waals surface area (Å²) in [6.45, 7) is 7.94. The molecular weight excluding hydrogens is 366 g/mol. The number of hydrogen-bond donors (Lipinski definition) is 2. The van der Waals surface area contributed by atoms with Crippen molar-refractivity contribution in [1.82, 2.24) is 10.2 Å². The van der Waals surface area contributed by atoms with Crippen molar-refractivity contribution in [3.05, 3.63) is 70.9 Å². The Bertz CT molecular complexity index is 985. The van der Waals surface area contributed by atoms with E-state index in [9.17, 15) is 14.4 Å². The lowest BCUT2D eigenvalue weighted by Crippen LogP contribution is -2.38. The number of rotatable bonds is 4. The minimum atomic E-state index is -0.605. The normalized spacial score (nSPS) is 15.6. The van der Waals surface area contributed by atoms with Crippen molar-refractivity contribution in [2.75, 3.05) is 11.9 Å². The van der Waals surface area contributed by atoms with Gasteiger partial charge in [-0.05, 0) is 47.2 Å². The maximum atomic E-state index is 12.6. The number of nitrogens with zero attached hydrogens (tertiary/aromatic N) is 1. The molecule has 1 heterocycles. The zero-order valence-corrected chi connectivity index (χ0v) is 17.1. The van der Waals surface area contributed by atoms with Crippen molar-refractivity contribution in [2.45, 2.75) is 33.1 Å². The van der Waals surface area contributed by atoms with E-state index in [1.807, 2.05) is 49.4 Å². The molecule has 0 aromatic heterocycles. The SMILES string of the molecule is Cc1cccc(NC(=O)CN2C(=O)N/C(=C\c3ccc(C(C)(C)C)cc3)C2=O)c1. The van der Waals surface area contributed by atoms with Gasteiger partial charge in [0, 0.05) is 5.69 Å². The monoisotopic (exact) mass is 391 g/mol. The van der Waals surface area contributed by atoms with E-state index in [1.54, 1.807) is 12.1 Å². The number of hydrogen-bond acceptors (Lipinski definition) is 3. The third-order valence-corrected chi connectivity index (χ3v) is 4.65. The first-order chi connectivity index (χ1) is 13.6. The number of anilines is 1. The standard InChI is InChI=1S/C23H25N3O3/c1-15-6-5-7-18(12-15)24-20(27)14-26-21(28)19(25-22(26)29)13-16-8-10-17(11-9-16)23(2,3)4/h5-13H,14H2,1-4H3,(H,24,27)(H,25,29)/b19-13-. The van der Waals surface area contributed by atoms with E-state index in [0.29, 0.717) is 5.69 Å². The molecule has 2 aromatic rings. The summed E-state index contributed by atoms with van der Waals surface area (Å²) >= 11 is 0. The molecule has 1 aliphatic heterocycles. The fourth-order valence-electron chi connectivity index (χ4n) is 3.03. The molecule has 0 radical (unpaired) electrons. The molecule has 2 aromatic carbocycles. The molecule has 0 spiro atoms. The highest BCUT2D eigenvalue weighted by Crippen LogP contribution is 2.23. The van der Waals surface area contributed by atoms with Gasteiger partial charge in [0.05, 0.1) is 0 Å². The van der Waals surface area contributed by atoms with Crippen LogP contribution in [0.5, 0.6) is 0 Å². The van der Waals surface area contributed by atoms with E-state index < -0.39 is 17.8 Å². The Morgan fingerprint density at radius 2 is 1.79 bits per heavy atom. The van der Waals surface area contributed by atoms with Crippen LogP contribution in [0.4, 0.5) is 10.5 Å². The Morgan fingerprint density at radius 3 is 2.41 bits per heavy atom. The van der Waals surface area contributed by atoms with Crippen molar-refractivity contribution in [3.63, 3.8) is 0 Å². The number of aryl methyl sites for hydroxylation is 1. The molecule has 0 bridgehead atoms. The summed E-state index contributed by atoms with van der Waals surface area (Å²) in [6, 6.07) is 14.5. The number of carbonyl (C=O) groups is 3. The van der Waals surface area contributed by atoms with Gasteiger partial charge in [-0.1, -0.05) is 57.2 Å². The largest absolute Gasteiger partial charge is 0.329 e. The third-order valence-electron chi connectivity index (χ3n) is 4.65. The van der Waals surface area contributed by atoms with Gasteiger partial charge in [0.25, 0.3) is 5.91 Å². The van der Waals surface area contributed by atoms with Crippen LogP contribution in [-0.2, 0) is 15.0 Å². The zero-order chi connectivity index (χ0) is 21.2. The predicted molar refractivity (Wildman–Crippen MR) is 113 cm³/mol. The molecular formula is C23H25N3O3. The molecule has 29 heavy (non-hydrogen) atoms. The number of carbonyl (C=O) groups excluding carboxylic acids is 3. The smallest absolute Gasteiger partial charge is 0.325 e. The molecule has 0 aliphatic carbocycles. The first kappa shape index (κ1) is 20.3. The van der Waals surface area contributed by atoms with Crippen molar-refractivity contribution >= 4 is 29.6 Å². The Balaban J connectivity index is 1.69. The van der Waals surface area contributed by atoms with Gasteiger partial charge in [-0.15, -0.1) is 0 Å². The van der Waals surface area contributed by atoms with Crippen LogP contribution in [0.1, 0.15) is 37.5 Å². The molecule has 6 heteroatoms. The maximum absolute atomic E-state index is 12.6. The van der Waals surface area contributed by atoms with E-state index in [2.05, 4.69) is 31.4 Å². The number of urea groups is 1. The first-order valence-electron chi connectivity index (χ1n) is 9.45. The number of amides is 4. The summed E-state index contributed by atoms with van der Waals surface area (Å²) in [4.78, 5) is 37.9. The Hall–Kier alpha value is -3.41. The fourth-order valence-corrected chi connectivity index (χ4v) is 3.03. The first-order valence-corrected chi connectivity index (χ1v) is 9.45. The fraction of sp³-hybridized carbons (Fsp3) is 0.261. The van der Waals surface area contributed by atoms with Crippen LogP contribution in [0.3, 0.4) is 0 Å². The van der Waals surface area contributed by atoms with Gasteiger partial charge in [-0.2, -0.15) is 0 Å². The predicted octanol–water partition coefficient (Wildman–Crippen LogP) is 3.82. The second kappa shape index (κ2) is 7.91. The molecule has 0 saturated carbocycles. The van der Waals surface area contributed by atoms with E-state index in [1.165, 1.54) is 5.56 Å². The molecule has 3 rings (SSSR count). The number of benzene rings is 2. The van der Waals surface area contributed by atoms with Crippen molar-refractivity contribution < 1.29 is 14.4 Å². The van der Waals surface area contributed by atoms with Gasteiger partial charge in [0.15, 0.2) is 0 Å². The molecule has 2 N–H and O–H groups in total.